The number of benzene rings is 2. The Bertz CT molecular complexity index is 1030. The van der Waals surface area contributed by atoms with Crippen molar-refractivity contribution >= 4 is 11.6 Å². The predicted molar refractivity (Wildman–Crippen MR) is 106 cm³/mol. The molecule has 0 saturated heterocycles. The summed E-state index contributed by atoms with van der Waals surface area (Å²) in [7, 11) is 1.66. The molecule has 1 amide bonds. The molecule has 0 bridgehead atoms. The summed E-state index contributed by atoms with van der Waals surface area (Å²) in [5.74, 6) is -0.631. The summed E-state index contributed by atoms with van der Waals surface area (Å²) < 4.78 is 14.7. The number of nitrogens with zero attached hydrogens (tertiary/aromatic N) is 4. The van der Waals surface area contributed by atoms with Crippen LogP contribution in [0.3, 0.4) is 0 Å². The summed E-state index contributed by atoms with van der Waals surface area (Å²) in [6, 6.07) is 15.0. The van der Waals surface area contributed by atoms with E-state index in [-0.39, 0.29) is 29.7 Å². The van der Waals surface area contributed by atoms with E-state index in [1.54, 1.807) is 37.9 Å². The molecule has 0 N–H and O–H groups in total. The maximum absolute atomic E-state index is 13.4. The second-order valence-electron chi connectivity index (χ2n) is 6.80. The summed E-state index contributed by atoms with van der Waals surface area (Å²) in [5, 5.41) is 15.4. The van der Waals surface area contributed by atoms with Crippen molar-refractivity contribution in [1.82, 2.24) is 14.7 Å². The zero-order chi connectivity index (χ0) is 21.1. The Morgan fingerprint density at radius 2 is 1.72 bits per heavy atom. The summed E-state index contributed by atoms with van der Waals surface area (Å²) in [6.07, 6.45) is 0. The van der Waals surface area contributed by atoms with E-state index in [1.165, 1.54) is 16.8 Å². The predicted octanol–water partition coefficient (Wildman–Crippen LogP) is 3.80. The van der Waals surface area contributed by atoms with Gasteiger partial charge in [0.1, 0.15) is 23.7 Å². The standard InChI is InChI=1S/C21H21FN4O3/c1-14-20(26(28)29)15(2)25(23-14)13-19(27)24(3)21(16-7-5-4-6-8-16)17-9-11-18(22)12-10-17/h4-12,21H,13H2,1-3H3. The highest BCUT2D eigenvalue weighted by Crippen LogP contribution is 2.28. The van der Waals surface area contributed by atoms with Crippen molar-refractivity contribution in [3.63, 3.8) is 0 Å². The van der Waals surface area contributed by atoms with Crippen LogP contribution >= 0.6 is 0 Å². The molecule has 8 heteroatoms. The van der Waals surface area contributed by atoms with Crippen LogP contribution in [0.4, 0.5) is 10.1 Å². The Hall–Kier alpha value is -3.55. The molecule has 0 saturated carbocycles. The smallest absolute Gasteiger partial charge is 0.312 e. The lowest BCUT2D eigenvalue weighted by atomic mass is 9.97. The second-order valence-corrected chi connectivity index (χ2v) is 6.80. The van der Waals surface area contributed by atoms with Gasteiger partial charge >= 0.3 is 5.69 Å². The third-order valence-electron chi connectivity index (χ3n) is 4.89. The lowest BCUT2D eigenvalue weighted by Crippen LogP contribution is -2.35. The van der Waals surface area contributed by atoms with E-state index >= 15 is 0 Å². The normalized spacial score (nSPS) is 11.9. The van der Waals surface area contributed by atoms with Gasteiger partial charge < -0.3 is 4.90 Å². The number of hydrogen-bond donors (Lipinski definition) is 0. The lowest BCUT2D eigenvalue weighted by Gasteiger charge is -2.29. The first-order chi connectivity index (χ1) is 13.8. The number of aryl methyl sites for hydroxylation is 1. The average molecular weight is 396 g/mol. The van der Waals surface area contributed by atoms with Crippen LogP contribution in [0.25, 0.3) is 0 Å². The van der Waals surface area contributed by atoms with Gasteiger partial charge in [0.15, 0.2) is 0 Å². The molecule has 0 aliphatic heterocycles. The van der Waals surface area contributed by atoms with Crippen LogP contribution in [0.1, 0.15) is 28.6 Å². The van der Waals surface area contributed by atoms with E-state index < -0.39 is 11.0 Å². The van der Waals surface area contributed by atoms with Gasteiger partial charge in [-0.3, -0.25) is 19.6 Å². The van der Waals surface area contributed by atoms with Crippen molar-refractivity contribution in [2.75, 3.05) is 7.05 Å². The van der Waals surface area contributed by atoms with Crippen molar-refractivity contribution in [2.24, 2.45) is 0 Å². The van der Waals surface area contributed by atoms with Gasteiger partial charge in [-0.2, -0.15) is 5.10 Å². The molecule has 3 rings (SSSR count). The molecule has 0 aliphatic rings. The molecule has 0 aliphatic carbocycles. The number of halogens is 1. The SMILES string of the molecule is Cc1nn(CC(=O)N(C)C(c2ccccc2)c2ccc(F)cc2)c(C)c1[N+](=O)[O-]. The number of amides is 1. The van der Waals surface area contributed by atoms with E-state index in [2.05, 4.69) is 5.10 Å². The summed E-state index contributed by atoms with van der Waals surface area (Å²) in [5.41, 5.74) is 2.13. The molecule has 0 spiro atoms. The van der Waals surface area contributed by atoms with Gasteiger partial charge in [-0.15, -0.1) is 0 Å². The molecule has 1 atom stereocenters. The summed E-state index contributed by atoms with van der Waals surface area (Å²) in [6.45, 7) is 2.97. The van der Waals surface area contributed by atoms with Gasteiger partial charge in [-0.05, 0) is 37.1 Å². The number of hydrogen-bond acceptors (Lipinski definition) is 4. The average Bonchev–Trinajstić information content (AvgIpc) is 2.97. The third-order valence-corrected chi connectivity index (χ3v) is 4.89. The Morgan fingerprint density at radius 1 is 1.14 bits per heavy atom. The van der Waals surface area contributed by atoms with Crippen LogP contribution in [0.2, 0.25) is 0 Å². The minimum atomic E-state index is -0.492. The number of carbonyl (C=O) groups excluding carboxylic acids is 1. The van der Waals surface area contributed by atoms with Crippen molar-refractivity contribution < 1.29 is 14.1 Å². The van der Waals surface area contributed by atoms with E-state index in [4.69, 9.17) is 0 Å². The number of rotatable bonds is 6. The minimum absolute atomic E-state index is 0.0846. The number of aromatic nitrogens is 2. The topological polar surface area (TPSA) is 81.3 Å². The fraction of sp³-hybridized carbons (Fsp3) is 0.238. The zero-order valence-corrected chi connectivity index (χ0v) is 16.4. The molecule has 1 heterocycles. The van der Waals surface area contributed by atoms with Gasteiger partial charge in [-0.25, -0.2) is 4.39 Å². The molecule has 0 fully saturated rings. The Balaban J connectivity index is 1.93. The maximum atomic E-state index is 13.4. The van der Waals surface area contributed by atoms with Gasteiger partial charge in [0.05, 0.1) is 11.0 Å². The number of likely N-dealkylation sites (N-methyl/N-ethyl adjacent to an activating group) is 1. The van der Waals surface area contributed by atoms with E-state index in [0.29, 0.717) is 5.69 Å². The van der Waals surface area contributed by atoms with Crippen molar-refractivity contribution in [2.45, 2.75) is 26.4 Å². The molecule has 150 valence electrons. The quantitative estimate of drug-likeness (QED) is 0.469. The monoisotopic (exact) mass is 396 g/mol. The van der Waals surface area contributed by atoms with Crippen LogP contribution in [0, 0.1) is 29.8 Å². The fourth-order valence-corrected chi connectivity index (χ4v) is 3.41. The molecule has 7 nitrogen and oxygen atoms in total. The van der Waals surface area contributed by atoms with Crippen molar-refractivity contribution in [3.8, 4) is 0 Å². The van der Waals surface area contributed by atoms with E-state index in [0.717, 1.165) is 11.1 Å². The molecule has 29 heavy (non-hydrogen) atoms. The molecule has 3 aromatic rings. The van der Waals surface area contributed by atoms with Crippen LogP contribution in [0.5, 0.6) is 0 Å². The van der Waals surface area contributed by atoms with Gasteiger partial charge in [-0.1, -0.05) is 42.5 Å². The minimum Gasteiger partial charge on any atom is -0.333 e. The first kappa shape index (κ1) is 20.2. The maximum Gasteiger partial charge on any atom is 0.312 e. The van der Waals surface area contributed by atoms with E-state index in [1.807, 2.05) is 30.3 Å². The summed E-state index contributed by atoms with van der Waals surface area (Å²) in [4.78, 5) is 25.3. The molecule has 1 aromatic heterocycles. The van der Waals surface area contributed by atoms with Gasteiger partial charge in [0.2, 0.25) is 5.91 Å². The zero-order valence-electron chi connectivity index (χ0n) is 16.4. The number of nitro groups is 1. The van der Waals surface area contributed by atoms with Crippen molar-refractivity contribution in [1.29, 1.82) is 0 Å². The van der Waals surface area contributed by atoms with Crippen LogP contribution in [0.15, 0.2) is 54.6 Å². The first-order valence-corrected chi connectivity index (χ1v) is 9.04. The highest BCUT2D eigenvalue weighted by atomic mass is 19.1. The lowest BCUT2D eigenvalue weighted by molar-refractivity contribution is -0.386. The highest BCUT2D eigenvalue weighted by Gasteiger charge is 2.27. The Morgan fingerprint density at radius 3 is 2.28 bits per heavy atom. The number of carbonyl (C=O) groups is 1. The van der Waals surface area contributed by atoms with Crippen LogP contribution < -0.4 is 0 Å². The van der Waals surface area contributed by atoms with Gasteiger partial charge in [0, 0.05) is 7.05 Å². The second kappa shape index (κ2) is 8.22. The van der Waals surface area contributed by atoms with Gasteiger partial charge in [0.25, 0.3) is 0 Å². The Kier molecular flexibility index (Phi) is 5.72. The molecule has 1 unspecified atom stereocenters. The summed E-state index contributed by atoms with van der Waals surface area (Å²) >= 11 is 0. The third kappa shape index (κ3) is 4.16. The molecular weight excluding hydrogens is 375 g/mol. The Labute approximate surface area is 167 Å². The van der Waals surface area contributed by atoms with E-state index in [9.17, 15) is 19.3 Å². The van der Waals surface area contributed by atoms with Crippen LogP contribution in [-0.4, -0.2) is 32.6 Å². The van der Waals surface area contributed by atoms with Crippen LogP contribution in [-0.2, 0) is 11.3 Å². The molecule has 0 radical (unpaired) electrons. The molecule has 2 aromatic carbocycles. The fourth-order valence-electron chi connectivity index (χ4n) is 3.41. The first-order valence-electron chi connectivity index (χ1n) is 9.04. The molecular formula is C21H21FN4O3. The van der Waals surface area contributed by atoms with Crippen molar-refractivity contribution in [3.05, 3.63) is 93.0 Å². The highest BCUT2D eigenvalue weighted by molar-refractivity contribution is 5.77. The largest absolute Gasteiger partial charge is 0.333 e.